The normalized spacial score (nSPS) is 12.4. The van der Waals surface area contributed by atoms with E-state index < -0.39 is 0 Å². The van der Waals surface area contributed by atoms with Gasteiger partial charge in [-0.3, -0.25) is 0 Å². The van der Waals surface area contributed by atoms with Crippen molar-refractivity contribution in [3.8, 4) is 5.75 Å². The fourth-order valence-corrected chi connectivity index (χ4v) is 2.06. The van der Waals surface area contributed by atoms with E-state index in [9.17, 15) is 0 Å². The van der Waals surface area contributed by atoms with Gasteiger partial charge in [0.25, 0.3) is 0 Å². The highest BCUT2D eigenvalue weighted by atomic mass is 16.5. The van der Waals surface area contributed by atoms with Crippen LogP contribution < -0.4 is 10.5 Å². The lowest BCUT2D eigenvalue weighted by Crippen LogP contribution is -2.22. The molecule has 0 aliphatic carbocycles. The molecule has 1 aromatic rings. The molecule has 114 valence electrons. The van der Waals surface area contributed by atoms with Crippen LogP contribution in [0, 0.1) is 0 Å². The smallest absolute Gasteiger partial charge is 0.122 e. The highest BCUT2D eigenvalue weighted by Crippen LogP contribution is 2.23. The first-order chi connectivity index (χ1) is 9.71. The van der Waals surface area contributed by atoms with Gasteiger partial charge in [-0.25, -0.2) is 0 Å². The van der Waals surface area contributed by atoms with Gasteiger partial charge in [0.05, 0.1) is 13.2 Å². The summed E-state index contributed by atoms with van der Waals surface area (Å²) in [4.78, 5) is 0. The number of hydrogen-bond donors (Lipinski definition) is 1. The van der Waals surface area contributed by atoms with Gasteiger partial charge in [0.1, 0.15) is 5.75 Å². The van der Waals surface area contributed by atoms with Crippen molar-refractivity contribution in [2.45, 2.75) is 52.5 Å². The lowest BCUT2D eigenvalue weighted by molar-refractivity contribution is 0.151. The molecule has 0 spiro atoms. The van der Waals surface area contributed by atoms with Crippen molar-refractivity contribution in [2.75, 3.05) is 19.8 Å². The maximum atomic E-state index is 6.09. The molecular formula is C17H29NO2. The van der Waals surface area contributed by atoms with E-state index >= 15 is 0 Å². The van der Waals surface area contributed by atoms with Crippen molar-refractivity contribution in [2.24, 2.45) is 5.73 Å². The number of hydrogen-bond acceptors (Lipinski definition) is 3. The van der Waals surface area contributed by atoms with Crippen molar-refractivity contribution in [1.82, 2.24) is 0 Å². The third-order valence-electron chi connectivity index (χ3n) is 3.33. The Labute approximate surface area is 123 Å². The second kappa shape index (κ2) is 9.78. The fraction of sp³-hybridized carbons (Fsp3) is 0.647. The summed E-state index contributed by atoms with van der Waals surface area (Å²) in [7, 11) is 0. The summed E-state index contributed by atoms with van der Waals surface area (Å²) in [6.07, 6.45) is 3.82. The molecule has 1 unspecified atom stereocenters. The largest absolute Gasteiger partial charge is 0.493 e. The average molecular weight is 279 g/mol. The summed E-state index contributed by atoms with van der Waals surface area (Å²) in [6, 6.07) is 6.63. The predicted octanol–water partition coefficient (Wildman–Crippen LogP) is 3.33. The van der Waals surface area contributed by atoms with Gasteiger partial charge < -0.3 is 15.2 Å². The lowest BCUT2D eigenvalue weighted by Gasteiger charge is -2.15. The molecule has 20 heavy (non-hydrogen) atoms. The molecule has 3 nitrogen and oxygen atoms in total. The summed E-state index contributed by atoms with van der Waals surface area (Å²) in [6.45, 7) is 8.56. The molecule has 0 bridgehead atoms. The molecule has 0 radical (unpaired) electrons. The van der Waals surface area contributed by atoms with Gasteiger partial charge in [0.15, 0.2) is 0 Å². The predicted molar refractivity (Wildman–Crippen MR) is 84.4 cm³/mol. The van der Waals surface area contributed by atoms with Crippen molar-refractivity contribution in [3.05, 3.63) is 29.3 Å². The minimum absolute atomic E-state index is 0.195. The Hall–Kier alpha value is -1.06. The standard InChI is InChI=1S/C17H29NO2/c1-4-10-20-17-8-7-14(9-11-19-6-3)12-15(17)13-16(18)5-2/h7-8,12,16H,4-6,9-11,13,18H2,1-3H3. The maximum absolute atomic E-state index is 6.09. The molecule has 0 fully saturated rings. The quantitative estimate of drug-likeness (QED) is 0.668. The van der Waals surface area contributed by atoms with Gasteiger partial charge in [0.2, 0.25) is 0 Å². The van der Waals surface area contributed by atoms with E-state index in [1.54, 1.807) is 0 Å². The van der Waals surface area contributed by atoms with E-state index in [4.69, 9.17) is 15.2 Å². The molecule has 1 rings (SSSR count). The zero-order valence-electron chi connectivity index (χ0n) is 13.2. The second-order valence-electron chi connectivity index (χ2n) is 5.11. The van der Waals surface area contributed by atoms with E-state index in [1.807, 2.05) is 6.92 Å². The van der Waals surface area contributed by atoms with Crippen LogP contribution in [0.4, 0.5) is 0 Å². The zero-order chi connectivity index (χ0) is 14.8. The van der Waals surface area contributed by atoms with Crippen LogP contribution in [0.5, 0.6) is 5.75 Å². The monoisotopic (exact) mass is 279 g/mol. The molecule has 1 atom stereocenters. The molecule has 0 amide bonds. The Bertz CT molecular complexity index is 379. The minimum atomic E-state index is 0.195. The summed E-state index contributed by atoms with van der Waals surface area (Å²) in [5, 5.41) is 0. The fourth-order valence-electron chi connectivity index (χ4n) is 2.06. The third kappa shape index (κ3) is 5.93. The van der Waals surface area contributed by atoms with Crippen LogP contribution in [0.2, 0.25) is 0 Å². The Morgan fingerprint density at radius 2 is 1.95 bits per heavy atom. The average Bonchev–Trinajstić information content (AvgIpc) is 2.46. The van der Waals surface area contributed by atoms with Crippen LogP contribution in [-0.4, -0.2) is 25.9 Å². The van der Waals surface area contributed by atoms with E-state index in [0.717, 1.165) is 51.3 Å². The summed E-state index contributed by atoms with van der Waals surface area (Å²) < 4.78 is 11.2. The van der Waals surface area contributed by atoms with Crippen molar-refractivity contribution >= 4 is 0 Å². The van der Waals surface area contributed by atoms with Crippen LogP contribution in [0.15, 0.2) is 18.2 Å². The van der Waals surface area contributed by atoms with Crippen molar-refractivity contribution in [1.29, 1.82) is 0 Å². The summed E-state index contributed by atoms with van der Waals surface area (Å²) in [5.74, 6) is 0.982. The molecule has 0 saturated carbocycles. The molecule has 2 N–H and O–H groups in total. The molecule has 0 saturated heterocycles. The van der Waals surface area contributed by atoms with Crippen molar-refractivity contribution < 1.29 is 9.47 Å². The van der Waals surface area contributed by atoms with Gasteiger partial charge in [-0.15, -0.1) is 0 Å². The topological polar surface area (TPSA) is 44.5 Å². The van der Waals surface area contributed by atoms with E-state index in [0.29, 0.717) is 0 Å². The SMILES string of the molecule is CCCOc1ccc(CCOCC)cc1CC(N)CC. The Balaban J connectivity index is 2.77. The van der Waals surface area contributed by atoms with Gasteiger partial charge in [-0.2, -0.15) is 0 Å². The maximum Gasteiger partial charge on any atom is 0.122 e. The van der Waals surface area contributed by atoms with E-state index in [-0.39, 0.29) is 6.04 Å². The lowest BCUT2D eigenvalue weighted by atomic mass is 10.0. The molecule has 3 heteroatoms. The number of rotatable bonds is 10. The molecular weight excluding hydrogens is 250 g/mol. The van der Waals surface area contributed by atoms with Gasteiger partial charge in [-0.1, -0.05) is 26.0 Å². The van der Waals surface area contributed by atoms with Crippen LogP contribution in [0.1, 0.15) is 44.7 Å². The van der Waals surface area contributed by atoms with Crippen molar-refractivity contribution in [3.63, 3.8) is 0 Å². The molecule has 1 aromatic carbocycles. The van der Waals surface area contributed by atoms with E-state index in [2.05, 4.69) is 32.0 Å². The van der Waals surface area contributed by atoms with Crippen LogP contribution in [0.3, 0.4) is 0 Å². The zero-order valence-corrected chi connectivity index (χ0v) is 13.2. The Kier molecular flexibility index (Phi) is 8.31. The number of nitrogens with two attached hydrogens (primary N) is 1. The second-order valence-corrected chi connectivity index (χ2v) is 5.11. The molecule has 0 aliphatic rings. The highest BCUT2D eigenvalue weighted by Gasteiger charge is 2.09. The molecule has 0 heterocycles. The highest BCUT2D eigenvalue weighted by molar-refractivity contribution is 5.38. The van der Waals surface area contributed by atoms with Gasteiger partial charge in [0, 0.05) is 12.6 Å². The first kappa shape index (κ1) is 17.0. The molecule has 0 aromatic heterocycles. The Morgan fingerprint density at radius 1 is 1.15 bits per heavy atom. The van der Waals surface area contributed by atoms with Gasteiger partial charge >= 0.3 is 0 Å². The molecule has 0 aliphatic heterocycles. The van der Waals surface area contributed by atoms with Crippen LogP contribution in [0.25, 0.3) is 0 Å². The Morgan fingerprint density at radius 3 is 2.60 bits per heavy atom. The van der Waals surface area contributed by atoms with Gasteiger partial charge in [-0.05, 0) is 49.8 Å². The summed E-state index contributed by atoms with van der Waals surface area (Å²) in [5.41, 5.74) is 8.61. The first-order valence-electron chi connectivity index (χ1n) is 7.79. The van der Waals surface area contributed by atoms with Crippen LogP contribution in [-0.2, 0) is 17.6 Å². The third-order valence-corrected chi connectivity index (χ3v) is 3.33. The minimum Gasteiger partial charge on any atom is -0.493 e. The first-order valence-corrected chi connectivity index (χ1v) is 7.79. The summed E-state index contributed by atoms with van der Waals surface area (Å²) >= 11 is 0. The number of benzene rings is 1. The van der Waals surface area contributed by atoms with E-state index in [1.165, 1.54) is 11.1 Å². The number of ether oxygens (including phenoxy) is 2. The van der Waals surface area contributed by atoms with Crippen LogP contribution >= 0.6 is 0 Å².